The molecular formula is C13H14N2O4S. The van der Waals surface area contributed by atoms with E-state index in [4.69, 9.17) is 9.56 Å². The van der Waals surface area contributed by atoms with E-state index >= 15 is 0 Å². The molecule has 0 unspecified atom stereocenters. The Morgan fingerprint density at radius 2 is 1.95 bits per heavy atom. The largest absolute Gasteiger partial charge is 0.469 e. The maximum absolute atomic E-state index is 12.0. The molecule has 2 aromatic rings. The molecule has 106 valence electrons. The van der Waals surface area contributed by atoms with Crippen LogP contribution in [0, 0.1) is 13.8 Å². The lowest BCUT2D eigenvalue weighted by atomic mass is 10.2. The lowest BCUT2D eigenvalue weighted by Gasteiger charge is -2.08. The van der Waals surface area contributed by atoms with Crippen molar-refractivity contribution >= 4 is 21.6 Å². The van der Waals surface area contributed by atoms with Gasteiger partial charge in [0.2, 0.25) is 10.0 Å². The smallest absolute Gasteiger partial charge is 0.259 e. The van der Waals surface area contributed by atoms with Crippen LogP contribution in [0.1, 0.15) is 21.7 Å². The van der Waals surface area contributed by atoms with E-state index in [1.54, 1.807) is 32.0 Å². The summed E-state index contributed by atoms with van der Waals surface area (Å²) in [4.78, 5) is 12.0. The monoisotopic (exact) mass is 294 g/mol. The number of furan rings is 1. The molecule has 7 heteroatoms. The number of nitrogens with two attached hydrogens (primary N) is 1. The third kappa shape index (κ3) is 2.89. The second kappa shape index (κ2) is 5.10. The molecule has 1 aromatic heterocycles. The van der Waals surface area contributed by atoms with Crippen LogP contribution in [-0.2, 0) is 10.0 Å². The van der Waals surface area contributed by atoms with Gasteiger partial charge in [-0.15, -0.1) is 0 Å². The third-order valence-corrected chi connectivity index (χ3v) is 3.91. The first-order valence-electron chi connectivity index (χ1n) is 5.78. The summed E-state index contributed by atoms with van der Waals surface area (Å²) >= 11 is 0. The van der Waals surface area contributed by atoms with E-state index in [0.717, 1.165) is 0 Å². The Hall–Kier alpha value is -2.12. The van der Waals surface area contributed by atoms with Crippen LogP contribution < -0.4 is 10.5 Å². The molecular weight excluding hydrogens is 280 g/mol. The summed E-state index contributed by atoms with van der Waals surface area (Å²) in [6.07, 6.45) is 1.41. The van der Waals surface area contributed by atoms with E-state index in [1.165, 1.54) is 12.3 Å². The Bertz CT molecular complexity index is 762. The number of amides is 1. The van der Waals surface area contributed by atoms with Crippen molar-refractivity contribution in [3.8, 4) is 0 Å². The predicted octanol–water partition coefficient (Wildman–Crippen LogP) is 1.80. The minimum absolute atomic E-state index is 0.0146. The molecule has 0 fully saturated rings. The van der Waals surface area contributed by atoms with Crippen LogP contribution >= 0.6 is 0 Å². The first kappa shape index (κ1) is 14.3. The van der Waals surface area contributed by atoms with Crippen LogP contribution in [0.2, 0.25) is 0 Å². The van der Waals surface area contributed by atoms with E-state index < -0.39 is 10.0 Å². The van der Waals surface area contributed by atoms with Crippen LogP contribution in [0.15, 0.2) is 39.8 Å². The molecule has 3 N–H and O–H groups in total. The van der Waals surface area contributed by atoms with Gasteiger partial charge in [-0.05, 0) is 37.6 Å². The maximum atomic E-state index is 12.0. The number of sulfonamides is 1. The molecule has 0 radical (unpaired) electrons. The van der Waals surface area contributed by atoms with Crippen molar-refractivity contribution in [2.45, 2.75) is 18.7 Å². The number of hydrogen-bond donors (Lipinski definition) is 2. The standard InChI is InChI=1S/C13H14N2O4S/c1-8-3-4-10(7-12(8)20(14,17)18)15-13(16)11-5-6-19-9(11)2/h3-7H,1-2H3,(H,15,16)(H2,14,17,18). The van der Waals surface area contributed by atoms with Gasteiger partial charge in [0.05, 0.1) is 16.7 Å². The fourth-order valence-electron chi connectivity index (χ4n) is 1.80. The van der Waals surface area contributed by atoms with Crippen LogP contribution in [0.3, 0.4) is 0 Å². The lowest BCUT2D eigenvalue weighted by Crippen LogP contribution is -2.16. The van der Waals surface area contributed by atoms with Crippen molar-refractivity contribution in [2.24, 2.45) is 5.14 Å². The molecule has 1 aromatic carbocycles. The van der Waals surface area contributed by atoms with Gasteiger partial charge in [-0.2, -0.15) is 0 Å². The molecule has 1 heterocycles. The fraction of sp³-hybridized carbons (Fsp3) is 0.154. The van der Waals surface area contributed by atoms with Crippen molar-refractivity contribution in [2.75, 3.05) is 5.32 Å². The lowest BCUT2D eigenvalue weighted by molar-refractivity contribution is 0.102. The van der Waals surface area contributed by atoms with Crippen LogP contribution in [0.4, 0.5) is 5.69 Å². The highest BCUT2D eigenvalue weighted by atomic mass is 32.2. The van der Waals surface area contributed by atoms with Crippen molar-refractivity contribution in [1.29, 1.82) is 0 Å². The summed E-state index contributed by atoms with van der Waals surface area (Å²) in [5, 5.41) is 7.73. The zero-order valence-electron chi connectivity index (χ0n) is 11.0. The average molecular weight is 294 g/mol. The number of carbonyl (C=O) groups excluding carboxylic acids is 1. The predicted molar refractivity (Wildman–Crippen MR) is 74.0 cm³/mol. The number of nitrogens with one attached hydrogen (secondary N) is 1. The molecule has 2 rings (SSSR count). The Kier molecular flexibility index (Phi) is 3.65. The second-order valence-corrected chi connectivity index (χ2v) is 5.90. The topological polar surface area (TPSA) is 102 Å². The highest BCUT2D eigenvalue weighted by molar-refractivity contribution is 7.89. The molecule has 1 amide bonds. The zero-order valence-corrected chi connectivity index (χ0v) is 11.8. The van der Waals surface area contributed by atoms with Crippen LogP contribution in [0.5, 0.6) is 0 Å². The number of rotatable bonds is 3. The molecule has 0 saturated carbocycles. The highest BCUT2D eigenvalue weighted by Crippen LogP contribution is 2.20. The number of hydrogen-bond acceptors (Lipinski definition) is 4. The molecule has 0 spiro atoms. The molecule has 20 heavy (non-hydrogen) atoms. The molecule has 0 saturated heterocycles. The van der Waals surface area contributed by atoms with Crippen LogP contribution in [-0.4, -0.2) is 14.3 Å². The number of benzene rings is 1. The van der Waals surface area contributed by atoms with Crippen molar-refractivity contribution in [3.63, 3.8) is 0 Å². The van der Waals surface area contributed by atoms with E-state index in [0.29, 0.717) is 22.6 Å². The van der Waals surface area contributed by atoms with Crippen LogP contribution in [0.25, 0.3) is 0 Å². The Morgan fingerprint density at radius 3 is 2.50 bits per heavy atom. The van der Waals surface area contributed by atoms with Gasteiger partial charge in [0.15, 0.2) is 0 Å². The van der Waals surface area contributed by atoms with Gasteiger partial charge in [0.25, 0.3) is 5.91 Å². The minimum Gasteiger partial charge on any atom is -0.469 e. The molecule has 0 aliphatic rings. The summed E-state index contributed by atoms with van der Waals surface area (Å²) in [5.41, 5.74) is 1.26. The molecule has 0 aliphatic heterocycles. The number of aryl methyl sites for hydroxylation is 2. The van der Waals surface area contributed by atoms with Crippen molar-refractivity contribution < 1.29 is 17.6 Å². The second-order valence-electron chi connectivity index (χ2n) is 4.37. The minimum atomic E-state index is -3.82. The number of carbonyl (C=O) groups is 1. The van der Waals surface area contributed by atoms with E-state index in [2.05, 4.69) is 5.32 Å². The number of primary sulfonamides is 1. The van der Waals surface area contributed by atoms with Gasteiger partial charge < -0.3 is 9.73 Å². The van der Waals surface area contributed by atoms with E-state index in [1.807, 2.05) is 0 Å². The van der Waals surface area contributed by atoms with Gasteiger partial charge in [-0.25, -0.2) is 13.6 Å². The SMILES string of the molecule is Cc1ccc(NC(=O)c2ccoc2C)cc1S(N)(=O)=O. The first-order valence-corrected chi connectivity index (χ1v) is 7.32. The molecule has 0 aliphatic carbocycles. The quantitative estimate of drug-likeness (QED) is 0.900. The first-order chi connectivity index (χ1) is 9.29. The highest BCUT2D eigenvalue weighted by Gasteiger charge is 2.15. The molecule has 0 bridgehead atoms. The van der Waals surface area contributed by atoms with Gasteiger partial charge >= 0.3 is 0 Å². The summed E-state index contributed by atoms with van der Waals surface area (Å²) in [7, 11) is -3.82. The van der Waals surface area contributed by atoms with Gasteiger partial charge in [-0.1, -0.05) is 6.07 Å². The van der Waals surface area contributed by atoms with Gasteiger partial charge in [-0.3, -0.25) is 4.79 Å². The Morgan fingerprint density at radius 1 is 1.25 bits per heavy atom. The normalized spacial score (nSPS) is 11.3. The summed E-state index contributed by atoms with van der Waals surface area (Å²) in [6.45, 7) is 3.30. The fourth-order valence-corrected chi connectivity index (χ4v) is 2.61. The molecule has 0 atom stereocenters. The summed E-state index contributed by atoms with van der Waals surface area (Å²) in [5.74, 6) is 0.113. The summed E-state index contributed by atoms with van der Waals surface area (Å²) in [6, 6.07) is 6.06. The van der Waals surface area contributed by atoms with Crippen molar-refractivity contribution in [1.82, 2.24) is 0 Å². The van der Waals surface area contributed by atoms with E-state index in [-0.39, 0.29) is 10.8 Å². The third-order valence-electron chi connectivity index (χ3n) is 2.86. The van der Waals surface area contributed by atoms with Crippen molar-refractivity contribution in [3.05, 3.63) is 47.4 Å². The average Bonchev–Trinajstić information content (AvgIpc) is 2.76. The maximum Gasteiger partial charge on any atom is 0.259 e. The Balaban J connectivity index is 2.32. The number of anilines is 1. The zero-order chi connectivity index (χ0) is 14.9. The van der Waals surface area contributed by atoms with Gasteiger partial charge in [0, 0.05) is 5.69 Å². The Labute approximate surface area is 116 Å². The van der Waals surface area contributed by atoms with Gasteiger partial charge in [0.1, 0.15) is 5.76 Å². The van der Waals surface area contributed by atoms with E-state index in [9.17, 15) is 13.2 Å². The summed E-state index contributed by atoms with van der Waals surface area (Å²) < 4.78 is 27.9. The molecule has 6 nitrogen and oxygen atoms in total.